The molecule has 2 aromatic rings. The molecule has 0 N–H and O–H groups in total. The molecule has 0 aliphatic carbocycles. The maximum absolute atomic E-state index is 14.1. The van der Waals surface area contributed by atoms with E-state index in [9.17, 15) is 18.8 Å². The van der Waals surface area contributed by atoms with Gasteiger partial charge in [-0.15, -0.1) is 0 Å². The van der Waals surface area contributed by atoms with Gasteiger partial charge in [0.1, 0.15) is 0 Å². The third-order valence-corrected chi connectivity index (χ3v) is 5.04. The molecule has 2 rings (SSSR count). The van der Waals surface area contributed by atoms with Crippen LogP contribution in [0, 0.1) is 5.82 Å². The van der Waals surface area contributed by atoms with E-state index >= 15 is 0 Å². The number of halogens is 1. The molecular formula is C20H15FO4S2. The van der Waals surface area contributed by atoms with Crippen molar-refractivity contribution in [3.63, 3.8) is 0 Å². The molecule has 7 heteroatoms. The van der Waals surface area contributed by atoms with Gasteiger partial charge in [0.25, 0.3) is 0 Å². The molecule has 4 nitrogen and oxygen atoms in total. The lowest BCUT2D eigenvalue weighted by Gasteiger charge is -2.07. The summed E-state index contributed by atoms with van der Waals surface area (Å²) in [5.41, 5.74) is 0.636. The normalized spacial score (nSPS) is 10.1. The minimum Gasteiger partial charge on any atom is -0.420 e. The van der Waals surface area contributed by atoms with Crippen molar-refractivity contribution >= 4 is 39.7 Å². The molecule has 0 radical (unpaired) electrons. The summed E-state index contributed by atoms with van der Waals surface area (Å²) >= 11 is 1.82. The van der Waals surface area contributed by atoms with E-state index in [1.807, 2.05) is 0 Å². The fraction of sp³-hybridized carbons (Fsp3) is 0.0500. The predicted octanol–water partition coefficient (Wildman–Crippen LogP) is 5.04. The molecule has 0 spiro atoms. The van der Waals surface area contributed by atoms with Gasteiger partial charge in [0.05, 0.1) is 5.56 Å². The molecule has 0 aliphatic heterocycles. The number of carbonyl (C=O) groups excluding carboxylic acids is 3. The Hall–Kier alpha value is -2.64. The molecule has 0 saturated carbocycles. The Bertz CT molecular complexity index is 920. The van der Waals surface area contributed by atoms with Gasteiger partial charge in [-0.3, -0.25) is 9.59 Å². The fourth-order valence-corrected chi connectivity index (χ4v) is 3.07. The Morgan fingerprint density at radius 2 is 1.67 bits per heavy atom. The lowest BCUT2D eigenvalue weighted by molar-refractivity contribution is -0.108. The molecule has 0 atom stereocenters. The van der Waals surface area contributed by atoms with Crippen LogP contribution in [0.2, 0.25) is 0 Å². The predicted molar refractivity (Wildman–Crippen MR) is 105 cm³/mol. The van der Waals surface area contributed by atoms with Crippen LogP contribution in [0.1, 0.15) is 17.3 Å². The molecule has 138 valence electrons. The van der Waals surface area contributed by atoms with Crippen molar-refractivity contribution in [3.8, 4) is 5.75 Å². The number of carbonyl (C=O) groups is 3. The second-order valence-corrected chi connectivity index (χ2v) is 7.43. The third kappa shape index (κ3) is 5.94. The molecule has 2 aromatic carbocycles. The number of rotatable bonds is 6. The Morgan fingerprint density at radius 1 is 1.04 bits per heavy atom. The van der Waals surface area contributed by atoms with Crippen molar-refractivity contribution in [1.82, 2.24) is 0 Å². The molecule has 0 heterocycles. The molecular weight excluding hydrogens is 387 g/mol. The first kappa shape index (κ1) is 20.7. The molecule has 27 heavy (non-hydrogen) atoms. The molecule has 0 aliphatic rings. The first-order valence-corrected chi connectivity index (χ1v) is 9.27. The summed E-state index contributed by atoms with van der Waals surface area (Å²) in [6.45, 7) is 8.53. The highest BCUT2D eigenvalue weighted by molar-refractivity contribution is 8.14. The average Bonchev–Trinajstić information content (AvgIpc) is 2.64. The largest absolute Gasteiger partial charge is 0.420 e. The van der Waals surface area contributed by atoms with Gasteiger partial charge in [0, 0.05) is 9.79 Å². The Labute approximate surface area is 164 Å². The summed E-state index contributed by atoms with van der Waals surface area (Å²) in [6.07, 6.45) is 1.13. The number of esters is 1. The van der Waals surface area contributed by atoms with Gasteiger partial charge in [0.2, 0.25) is 10.2 Å². The molecule has 0 amide bonds. The second-order valence-electron chi connectivity index (χ2n) is 5.30. The van der Waals surface area contributed by atoms with Crippen molar-refractivity contribution in [2.24, 2.45) is 0 Å². The van der Waals surface area contributed by atoms with Crippen LogP contribution in [0.25, 0.3) is 0 Å². The molecule has 0 unspecified atom stereocenters. The smallest absolute Gasteiger partial charge is 0.343 e. The number of hydrogen-bond donors (Lipinski definition) is 0. The number of thioether (sulfide) groups is 2. The van der Waals surface area contributed by atoms with Gasteiger partial charge in [-0.2, -0.15) is 0 Å². The lowest BCUT2D eigenvalue weighted by atomic mass is 10.2. The van der Waals surface area contributed by atoms with Crippen LogP contribution < -0.4 is 4.74 Å². The van der Waals surface area contributed by atoms with Crippen molar-refractivity contribution in [2.45, 2.75) is 16.7 Å². The zero-order chi connectivity index (χ0) is 20.0. The number of hydrogen-bond acceptors (Lipinski definition) is 6. The molecule has 0 saturated heterocycles. The van der Waals surface area contributed by atoms with Gasteiger partial charge in [-0.1, -0.05) is 13.2 Å². The first-order chi connectivity index (χ1) is 12.8. The monoisotopic (exact) mass is 402 g/mol. The van der Waals surface area contributed by atoms with Crippen LogP contribution in [0.3, 0.4) is 0 Å². The SMILES string of the molecule is C=CC(=O)Sc1ccc(OC(=O)c2ccc(SC(=O)C(=C)C)cc2)c(F)c1. The van der Waals surface area contributed by atoms with E-state index in [2.05, 4.69) is 13.2 Å². The summed E-state index contributed by atoms with van der Waals surface area (Å²) in [5, 5.41) is -0.484. The summed E-state index contributed by atoms with van der Waals surface area (Å²) in [7, 11) is 0. The van der Waals surface area contributed by atoms with E-state index in [1.54, 1.807) is 19.1 Å². The van der Waals surface area contributed by atoms with Crippen molar-refractivity contribution in [1.29, 1.82) is 0 Å². The van der Waals surface area contributed by atoms with Gasteiger partial charge in [-0.05, 0) is 84.6 Å². The Balaban J connectivity index is 2.06. The Kier molecular flexibility index (Phi) is 7.15. The summed E-state index contributed by atoms with van der Waals surface area (Å²) in [4.78, 5) is 36.1. The average molecular weight is 402 g/mol. The van der Waals surface area contributed by atoms with Gasteiger partial charge >= 0.3 is 5.97 Å². The first-order valence-electron chi connectivity index (χ1n) is 7.64. The molecule has 0 fully saturated rings. The van der Waals surface area contributed by atoms with Crippen LogP contribution in [-0.2, 0) is 9.59 Å². The van der Waals surface area contributed by atoms with E-state index in [-0.39, 0.29) is 21.5 Å². The topological polar surface area (TPSA) is 60.4 Å². The van der Waals surface area contributed by atoms with Crippen molar-refractivity contribution in [3.05, 3.63) is 78.7 Å². The van der Waals surface area contributed by atoms with E-state index in [0.29, 0.717) is 15.4 Å². The second kappa shape index (κ2) is 9.34. The highest BCUT2D eigenvalue weighted by atomic mass is 32.2. The minimum atomic E-state index is -0.760. The van der Waals surface area contributed by atoms with E-state index in [4.69, 9.17) is 4.74 Å². The highest BCUT2D eigenvalue weighted by Gasteiger charge is 2.14. The quantitative estimate of drug-likeness (QED) is 0.292. The van der Waals surface area contributed by atoms with Gasteiger partial charge in [-0.25, -0.2) is 9.18 Å². The van der Waals surface area contributed by atoms with Crippen LogP contribution in [0.4, 0.5) is 4.39 Å². The van der Waals surface area contributed by atoms with E-state index in [0.717, 1.165) is 35.7 Å². The zero-order valence-corrected chi connectivity index (χ0v) is 16.0. The van der Waals surface area contributed by atoms with Crippen molar-refractivity contribution in [2.75, 3.05) is 0 Å². The number of benzene rings is 2. The standard InChI is InChI=1S/C20H15FO4S2/c1-4-18(22)26-15-9-10-17(16(21)11-15)25-19(23)13-5-7-14(8-6-13)27-20(24)12(2)3/h4-11H,1-2H2,3H3. The van der Waals surface area contributed by atoms with Crippen LogP contribution in [-0.4, -0.2) is 16.2 Å². The van der Waals surface area contributed by atoms with Crippen LogP contribution in [0.5, 0.6) is 5.75 Å². The van der Waals surface area contributed by atoms with Crippen molar-refractivity contribution < 1.29 is 23.5 Å². The summed E-state index contributed by atoms with van der Waals surface area (Å²) < 4.78 is 19.1. The lowest BCUT2D eigenvalue weighted by Crippen LogP contribution is -2.09. The van der Waals surface area contributed by atoms with Gasteiger partial charge < -0.3 is 4.74 Å². The van der Waals surface area contributed by atoms with E-state index in [1.165, 1.54) is 24.3 Å². The maximum Gasteiger partial charge on any atom is 0.343 e. The molecule has 0 bridgehead atoms. The maximum atomic E-state index is 14.1. The summed E-state index contributed by atoms with van der Waals surface area (Å²) in [5.74, 6) is -1.74. The zero-order valence-electron chi connectivity index (χ0n) is 14.4. The van der Waals surface area contributed by atoms with Crippen LogP contribution >= 0.6 is 23.5 Å². The Morgan fingerprint density at radius 3 is 2.22 bits per heavy atom. The van der Waals surface area contributed by atoms with Crippen LogP contribution in [0.15, 0.2) is 77.1 Å². The third-order valence-electron chi connectivity index (χ3n) is 3.14. The molecule has 0 aromatic heterocycles. The fourth-order valence-electron chi connectivity index (χ4n) is 1.80. The minimum absolute atomic E-state index is 0.166. The summed E-state index contributed by atoms with van der Waals surface area (Å²) in [6, 6.07) is 10.0. The van der Waals surface area contributed by atoms with Gasteiger partial charge in [0.15, 0.2) is 11.6 Å². The van der Waals surface area contributed by atoms with E-state index < -0.39 is 11.8 Å². The highest BCUT2D eigenvalue weighted by Crippen LogP contribution is 2.27. The number of ether oxygens (including phenoxy) is 1.